The van der Waals surface area contributed by atoms with E-state index in [1.54, 1.807) is 0 Å². The standard InChI is InChI=1S/C11H11BrIN3/c12-10-3-1-2-4-11(10)14-5-6-16-8-9(13)7-15-16/h1-4,7-8,14H,5-6H2. The third-order valence-corrected chi connectivity index (χ3v) is 3.38. The van der Waals surface area contributed by atoms with Crippen LogP contribution in [0.15, 0.2) is 41.1 Å². The van der Waals surface area contributed by atoms with Crippen molar-refractivity contribution >= 4 is 44.2 Å². The molecule has 0 radical (unpaired) electrons. The molecule has 1 aromatic carbocycles. The third-order valence-electron chi connectivity index (χ3n) is 2.13. The quantitative estimate of drug-likeness (QED) is 0.810. The molecule has 0 atom stereocenters. The fourth-order valence-electron chi connectivity index (χ4n) is 1.37. The lowest BCUT2D eigenvalue weighted by Gasteiger charge is -2.08. The van der Waals surface area contributed by atoms with Gasteiger partial charge < -0.3 is 5.32 Å². The SMILES string of the molecule is Brc1ccccc1NCCn1cc(I)cn1. The van der Waals surface area contributed by atoms with E-state index < -0.39 is 0 Å². The molecule has 84 valence electrons. The molecule has 1 heterocycles. The zero-order valence-corrected chi connectivity index (χ0v) is 12.3. The van der Waals surface area contributed by atoms with E-state index in [1.807, 2.05) is 35.3 Å². The van der Waals surface area contributed by atoms with Gasteiger partial charge in [-0.15, -0.1) is 0 Å². The molecule has 0 aliphatic heterocycles. The van der Waals surface area contributed by atoms with Crippen molar-refractivity contribution in [2.45, 2.75) is 6.54 Å². The molecular weight excluding hydrogens is 381 g/mol. The summed E-state index contributed by atoms with van der Waals surface area (Å²) in [5, 5.41) is 7.59. The summed E-state index contributed by atoms with van der Waals surface area (Å²) in [6, 6.07) is 8.10. The highest BCUT2D eigenvalue weighted by molar-refractivity contribution is 14.1. The monoisotopic (exact) mass is 391 g/mol. The molecule has 16 heavy (non-hydrogen) atoms. The molecule has 0 unspecified atom stereocenters. The topological polar surface area (TPSA) is 29.9 Å². The molecule has 0 fully saturated rings. The van der Waals surface area contributed by atoms with Crippen LogP contribution in [0.5, 0.6) is 0 Å². The Bertz CT molecular complexity index is 470. The molecule has 0 amide bonds. The van der Waals surface area contributed by atoms with Crippen LogP contribution in [0.25, 0.3) is 0 Å². The lowest BCUT2D eigenvalue weighted by Crippen LogP contribution is -2.10. The predicted molar refractivity (Wildman–Crippen MR) is 77.6 cm³/mol. The number of nitrogens with zero attached hydrogens (tertiary/aromatic N) is 2. The van der Waals surface area contributed by atoms with Crippen molar-refractivity contribution < 1.29 is 0 Å². The summed E-state index contributed by atoms with van der Waals surface area (Å²) in [7, 11) is 0. The third kappa shape index (κ3) is 3.21. The summed E-state index contributed by atoms with van der Waals surface area (Å²) in [4.78, 5) is 0. The first-order chi connectivity index (χ1) is 7.75. The number of aromatic nitrogens is 2. The Labute approximate surface area is 117 Å². The van der Waals surface area contributed by atoms with Crippen molar-refractivity contribution in [3.63, 3.8) is 0 Å². The second-order valence-corrected chi connectivity index (χ2v) is 5.43. The van der Waals surface area contributed by atoms with Crippen LogP contribution in [0, 0.1) is 3.57 Å². The van der Waals surface area contributed by atoms with E-state index in [0.29, 0.717) is 0 Å². The number of benzene rings is 1. The average molecular weight is 392 g/mol. The number of nitrogens with one attached hydrogen (secondary N) is 1. The van der Waals surface area contributed by atoms with Gasteiger partial charge in [0.05, 0.1) is 16.3 Å². The molecule has 0 aliphatic rings. The summed E-state index contributed by atoms with van der Waals surface area (Å²) in [6.45, 7) is 1.73. The molecule has 1 aromatic heterocycles. The van der Waals surface area contributed by atoms with Crippen LogP contribution in [0.3, 0.4) is 0 Å². The van der Waals surface area contributed by atoms with Crippen molar-refractivity contribution in [3.05, 3.63) is 44.7 Å². The van der Waals surface area contributed by atoms with Gasteiger partial charge in [-0.2, -0.15) is 5.10 Å². The average Bonchev–Trinajstić information content (AvgIpc) is 2.67. The molecule has 0 bridgehead atoms. The minimum atomic E-state index is 0.861. The van der Waals surface area contributed by atoms with Gasteiger partial charge in [0.1, 0.15) is 0 Å². The van der Waals surface area contributed by atoms with Gasteiger partial charge in [-0.3, -0.25) is 4.68 Å². The van der Waals surface area contributed by atoms with Crippen molar-refractivity contribution in [1.29, 1.82) is 0 Å². The van der Waals surface area contributed by atoms with Crippen LogP contribution in [-0.4, -0.2) is 16.3 Å². The maximum Gasteiger partial charge on any atom is 0.0623 e. The highest BCUT2D eigenvalue weighted by atomic mass is 127. The van der Waals surface area contributed by atoms with E-state index in [4.69, 9.17) is 0 Å². The zero-order valence-electron chi connectivity index (χ0n) is 8.53. The Morgan fingerprint density at radius 1 is 1.38 bits per heavy atom. The van der Waals surface area contributed by atoms with Crippen molar-refractivity contribution in [2.24, 2.45) is 0 Å². The van der Waals surface area contributed by atoms with Gasteiger partial charge in [-0.1, -0.05) is 12.1 Å². The van der Waals surface area contributed by atoms with Gasteiger partial charge >= 0.3 is 0 Å². The zero-order chi connectivity index (χ0) is 11.4. The van der Waals surface area contributed by atoms with Crippen LogP contribution in [0.2, 0.25) is 0 Å². The van der Waals surface area contributed by atoms with Crippen molar-refractivity contribution in [2.75, 3.05) is 11.9 Å². The van der Waals surface area contributed by atoms with Crippen LogP contribution >= 0.6 is 38.5 Å². The van der Waals surface area contributed by atoms with Gasteiger partial charge in [0.25, 0.3) is 0 Å². The molecule has 3 nitrogen and oxygen atoms in total. The normalized spacial score (nSPS) is 10.4. The Hall–Kier alpha value is -0.560. The summed E-state index contributed by atoms with van der Waals surface area (Å²) in [5.74, 6) is 0. The molecule has 1 N–H and O–H groups in total. The van der Waals surface area contributed by atoms with E-state index in [2.05, 4.69) is 55.0 Å². The predicted octanol–water partition coefficient (Wildman–Crippen LogP) is 3.36. The lowest BCUT2D eigenvalue weighted by molar-refractivity contribution is 0.637. The van der Waals surface area contributed by atoms with Crippen molar-refractivity contribution in [3.8, 4) is 0 Å². The lowest BCUT2D eigenvalue weighted by atomic mass is 10.3. The smallest absolute Gasteiger partial charge is 0.0623 e. The van der Waals surface area contributed by atoms with Crippen LogP contribution < -0.4 is 5.32 Å². The largest absolute Gasteiger partial charge is 0.382 e. The summed E-state index contributed by atoms with van der Waals surface area (Å²) < 4.78 is 4.19. The maximum atomic E-state index is 4.23. The highest BCUT2D eigenvalue weighted by Gasteiger charge is 1.98. The van der Waals surface area contributed by atoms with E-state index in [0.717, 1.165) is 23.2 Å². The number of hydrogen-bond donors (Lipinski definition) is 1. The van der Waals surface area contributed by atoms with E-state index in [1.165, 1.54) is 3.57 Å². The first kappa shape index (κ1) is 11.9. The Balaban J connectivity index is 1.87. The summed E-state index contributed by atoms with van der Waals surface area (Å²) in [6.07, 6.45) is 3.89. The molecule has 0 saturated heterocycles. The number of halogens is 2. The van der Waals surface area contributed by atoms with Gasteiger partial charge in [-0.25, -0.2) is 0 Å². The number of rotatable bonds is 4. The van der Waals surface area contributed by atoms with Crippen LogP contribution in [-0.2, 0) is 6.54 Å². The fourth-order valence-corrected chi connectivity index (χ4v) is 2.24. The van der Waals surface area contributed by atoms with Gasteiger partial charge in [0, 0.05) is 22.9 Å². The first-order valence-electron chi connectivity index (χ1n) is 4.92. The molecule has 0 saturated carbocycles. The van der Waals surface area contributed by atoms with Gasteiger partial charge in [0.15, 0.2) is 0 Å². The van der Waals surface area contributed by atoms with Gasteiger partial charge in [-0.05, 0) is 50.7 Å². The summed E-state index contributed by atoms with van der Waals surface area (Å²) in [5.41, 5.74) is 1.12. The van der Waals surface area contributed by atoms with Crippen molar-refractivity contribution in [1.82, 2.24) is 9.78 Å². The van der Waals surface area contributed by atoms with Crippen LogP contribution in [0.4, 0.5) is 5.69 Å². The molecule has 2 rings (SSSR count). The van der Waals surface area contributed by atoms with E-state index >= 15 is 0 Å². The first-order valence-corrected chi connectivity index (χ1v) is 6.79. The molecule has 0 spiro atoms. The second kappa shape index (κ2) is 5.67. The number of anilines is 1. The number of para-hydroxylation sites is 1. The Morgan fingerprint density at radius 2 is 2.19 bits per heavy atom. The minimum Gasteiger partial charge on any atom is -0.382 e. The maximum absolute atomic E-state index is 4.23. The van der Waals surface area contributed by atoms with E-state index in [-0.39, 0.29) is 0 Å². The summed E-state index contributed by atoms with van der Waals surface area (Å²) >= 11 is 5.76. The Kier molecular flexibility index (Phi) is 4.22. The second-order valence-electron chi connectivity index (χ2n) is 3.33. The van der Waals surface area contributed by atoms with Crippen LogP contribution in [0.1, 0.15) is 0 Å². The fraction of sp³-hybridized carbons (Fsp3) is 0.182. The van der Waals surface area contributed by atoms with E-state index in [9.17, 15) is 0 Å². The van der Waals surface area contributed by atoms with Gasteiger partial charge in [0.2, 0.25) is 0 Å². The molecule has 0 aliphatic carbocycles. The molecule has 5 heteroatoms. The molecule has 2 aromatic rings. The highest BCUT2D eigenvalue weighted by Crippen LogP contribution is 2.20. The molecular formula is C11H11BrIN3. The minimum absolute atomic E-state index is 0.861. The Morgan fingerprint density at radius 3 is 2.88 bits per heavy atom. The number of hydrogen-bond acceptors (Lipinski definition) is 2.